The van der Waals surface area contributed by atoms with Gasteiger partial charge in [0.05, 0.1) is 12.7 Å². The maximum Gasteiger partial charge on any atom is 0.338 e. The van der Waals surface area contributed by atoms with E-state index in [1.807, 2.05) is 0 Å². The van der Waals surface area contributed by atoms with Crippen molar-refractivity contribution in [2.45, 2.75) is 33.1 Å². The predicted octanol–water partition coefficient (Wildman–Crippen LogP) is 5.59. The minimum Gasteiger partial charge on any atom is -0.497 e. The van der Waals surface area contributed by atoms with E-state index in [0.29, 0.717) is 23.1 Å². The van der Waals surface area contributed by atoms with Gasteiger partial charge < -0.3 is 9.47 Å². The molecule has 1 aliphatic rings. The van der Waals surface area contributed by atoms with Gasteiger partial charge in [0.25, 0.3) is 0 Å². The summed E-state index contributed by atoms with van der Waals surface area (Å²) in [5.74, 6) is 1.10. The number of hydrogen-bond acceptors (Lipinski definition) is 3. The van der Waals surface area contributed by atoms with Crippen LogP contribution in [0.5, 0.6) is 5.75 Å². The summed E-state index contributed by atoms with van der Waals surface area (Å²) in [4.78, 5) is 12.2. The molecule has 0 amide bonds. The number of ether oxygens (including phenoxy) is 2. The lowest BCUT2D eigenvalue weighted by atomic mass is 9.61. The summed E-state index contributed by atoms with van der Waals surface area (Å²) in [5, 5.41) is 0. The lowest BCUT2D eigenvalue weighted by Gasteiger charge is -2.43. The van der Waals surface area contributed by atoms with Crippen molar-refractivity contribution in [3.05, 3.63) is 66.8 Å². The first-order valence-electron chi connectivity index (χ1n) is 9.08. The van der Waals surface area contributed by atoms with Crippen molar-refractivity contribution < 1.29 is 14.3 Å². The third kappa shape index (κ3) is 4.46. The molecule has 0 radical (unpaired) electrons. The molecule has 0 spiro atoms. The van der Waals surface area contributed by atoms with Gasteiger partial charge in [-0.15, -0.1) is 6.58 Å². The van der Waals surface area contributed by atoms with Crippen LogP contribution >= 0.6 is 0 Å². The lowest BCUT2D eigenvalue weighted by molar-refractivity contribution is 0.0521. The summed E-state index contributed by atoms with van der Waals surface area (Å²) in [6.45, 7) is 17.0. The largest absolute Gasteiger partial charge is 0.497 e. The molecule has 0 heterocycles. The molecular weight excluding hydrogens is 324 g/mol. The standard InChI is InChI=1S/C23H30O3/c1-7-23(5)13-12-19(14-21(23)16(2)3)17(4)15-26-22(24)18-8-10-20(25-6)11-9-18/h7-11,19,21H,1-2,4,12-15H2,3,5-6H3/t19-,21+,23-/m1/s1. The molecule has 0 aromatic heterocycles. The van der Waals surface area contributed by atoms with Gasteiger partial charge >= 0.3 is 5.97 Å². The van der Waals surface area contributed by atoms with Crippen molar-refractivity contribution in [1.29, 1.82) is 0 Å². The summed E-state index contributed by atoms with van der Waals surface area (Å²) < 4.78 is 10.6. The second-order valence-electron chi connectivity index (χ2n) is 7.54. The van der Waals surface area contributed by atoms with Gasteiger partial charge in [0.15, 0.2) is 0 Å². The molecule has 1 fully saturated rings. The quantitative estimate of drug-likeness (QED) is 0.473. The zero-order valence-corrected chi connectivity index (χ0v) is 16.2. The zero-order valence-electron chi connectivity index (χ0n) is 16.2. The van der Waals surface area contributed by atoms with Crippen LogP contribution in [0.4, 0.5) is 0 Å². The van der Waals surface area contributed by atoms with Crippen molar-refractivity contribution in [3.8, 4) is 5.75 Å². The lowest BCUT2D eigenvalue weighted by Crippen LogP contribution is -2.34. The van der Waals surface area contributed by atoms with E-state index in [1.165, 1.54) is 5.57 Å². The molecule has 26 heavy (non-hydrogen) atoms. The van der Waals surface area contributed by atoms with Crippen LogP contribution in [0.15, 0.2) is 61.2 Å². The Kier molecular flexibility index (Phi) is 6.47. The van der Waals surface area contributed by atoms with E-state index < -0.39 is 0 Å². The van der Waals surface area contributed by atoms with E-state index >= 15 is 0 Å². The van der Waals surface area contributed by atoms with Crippen LogP contribution in [-0.2, 0) is 4.74 Å². The Labute approximate surface area is 157 Å². The molecule has 0 bridgehead atoms. The summed E-state index contributed by atoms with van der Waals surface area (Å²) in [5.41, 5.74) is 2.76. The minimum absolute atomic E-state index is 0.0857. The summed E-state index contributed by atoms with van der Waals surface area (Å²) >= 11 is 0. The molecule has 1 aromatic carbocycles. The Hall–Kier alpha value is -2.29. The van der Waals surface area contributed by atoms with Crippen molar-refractivity contribution in [2.24, 2.45) is 17.3 Å². The normalized spacial score (nSPS) is 25.2. The van der Waals surface area contributed by atoms with E-state index in [-0.39, 0.29) is 18.0 Å². The van der Waals surface area contributed by atoms with Gasteiger partial charge in [0, 0.05) is 0 Å². The van der Waals surface area contributed by atoms with Gasteiger partial charge in [0.1, 0.15) is 12.4 Å². The third-order valence-corrected chi connectivity index (χ3v) is 5.70. The molecule has 0 N–H and O–H groups in total. The second kappa shape index (κ2) is 8.39. The number of benzene rings is 1. The van der Waals surface area contributed by atoms with E-state index in [0.717, 1.165) is 24.8 Å². The van der Waals surface area contributed by atoms with Crippen LogP contribution in [-0.4, -0.2) is 19.7 Å². The molecule has 1 aliphatic carbocycles. The fourth-order valence-electron chi connectivity index (χ4n) is 3.80. The SMILES string of the molecule is C=C[C@]1(C)CC[C@@H](C(=C)COC(=O)c2ccc(OC)cc2)C[C@H]1C(=C)C. The van der Waals surface area contributed by atoms with Crippen LogP contribution in [0.25, 0.3) is 0 Å². The zero-order chi connectivity index (χ0) is 19.3. The first-order valence-corrected chi connectivity index (χ1v) is 9.08. The van der Waals surface area contributed by atoms with Crippen LogP contribution in [0.2, 0.25) is 0 Å². The summed E-state index contributed by atoms with van der Waals surface area (Å²) in [6, 6.07) is 6.91. The molecule has 3 nitrogen and oxygen atoms in total. The van der Waals surface area contributed by atoms with Crippen molar-refractivity contribution in [3.63, 3.8) is 0 Å². The monoisotopic (exact) mass is 354 g/mol. The number of methoxy groups -OCH3 is 1. The van der Waals surface area contributed by atoms with E-state index in [2.05, 4.69) is 39.7 Å². The Morgan fingerprint density at radius 1 is 1.31 bits per heavy atom. The number of carbonyl (C=O) groups is 1. The van der Waals surface area contributed by atoms with E-state index in [9.17, 15) is 4.79 Å². The van der Waals surface area contributed by atoms with Gasteiger partial charge in [-0.2, -0.15) is 0 Å². The molecule has 3 heteroatoms. The fraction of sp³-hybridized carbons (Fsp3) is 0.435. The smallest absolute Gasteiger partial charge is 0.338 e. The number of allylic oxidation sites excluding steroid dienone is 2. The number of hydrogen-bond donors (Lipinski definition) is 0. The van der Waals surface area contributed by atoms with Crippen LogP contribution < -0.4 is 4.74 Å². The highest BCUT2D eigenvalue weighted by Gasteiger charge is 2.38. The Bertz CT molecular complexity index is 686. The van der Waals surface area contributed by atoms with Crippen molar-refractivity contribution in [1.82, 2.24) is 0 Å². The fourth-order valence-corrected chi connectivity index (χ4v) is 3.80. The minimum atomic E-state index is -0.336. The molecule has 3 atom stereocenters. The highest BCUT2D eigenvalue weighted by molar-refractivity contribution is 5.89. The van der Waals surface area contributed by atoms with E-state index in [1.54, 1.807) is 31.4 Å². The van der Waals surface area contributed by atoms with Gasteiger partial charge in [-0.3, -0.25) is 0 Å². The van der Waals surface area contributed by atoms with Crippen molar-refractivity contribution in [2.75, 3.05) is 13.7 Å². The Balaban J connectivity index is 1.94. The molecule has 0 saturated heterocycles. The Morgan fingerprint density at radius 2 is 1.96 bits per heavy atom. The highest BCUT2D eigenvalue weighted by Crippen LogP contribution is 2.48. The molecule has 140 valence electrons. The topological polar surface area (TPSA) is 35.5 Å². The van der Waals surface area contributed by atoms with Crippen LogP contribution in [0.1, 0.15) is 43.5 Å². The van der Waals surface area contributed by atoms with Crippen molar-refractivity contribution >= 4 is 5.97 Å². The molecule has 0 aliphatic heterocycles. The second-order valence-corrected chi connectivity index (χ2v) is 7.54. The van der Waals surface area contributed by atoms with Crippen LogP contribution in [0.3, 0.4) is 0 Å². The number of rotatable bonds is 7. The average Bonchev–Trinajstić information content (AvgIpc) is 2.65. The average molecular weight is 354 g/mol. The predicted molar refractivity (Wildman–Crippen MR) is 106 cm³/mol. The molecule has 1 saturated carbocycles. The van der Waals surface area contributed by atoms with Gasteiger partial charge in [-0.25, -0.2) is 4.79 Å². The summed E-state index contributed by atoms with van der Waals surface area (Å²) in [7, 11) is 1.59. The first kappa shape index (κ1) is 20.0. The molecule has 0 unspecified atom stereocenters. The van der Waals surface area contributed by atoms with Gasteiger partial charge in [-0.1, -0.05) is 31.7 Å². The molecule has 2 rings (SSSR count). The highest BCUT2D eigenvalue weighted by atomic mass is 16.5. The molecular formula is C23H30O3. The number of carbonyl (C=O) groups excluding carboxylic acids is 1. The molecule has 1 aromatic rings. The maximum atomic E-state index is 12.2. The maximum absolute atomic E-state index is 12.2. The van der Waals surface area contributed by atoms with E-state index in [4.69, 9.17) is 9.47 Å². The number of esters is 1. The summed E-state index contributed by atoms with van der Waals surface area (Å²) in [6.07, 6.45) is 5.13. The van der Waals surface area contributed by atoms with Gasteiger partial charge in [0.2, 0.25) is 0 Å². The third-order valence-electron chi connectivity index (χ3n) is 5.70. The van der Waals surface area contributed by atoms with Gasteiger partial charge in [-0.05, 0) is 73.3 Å². The Morgan fingerprint density at radius 3 is 2.50 bits per heavy atom. The van der Waals surface area contributed by atoms with Crippen LogP contribution in [0, 0.1) is 17.3 Å². The first-order chi connectivity index (χ1) is 12.3.